The molecule has 1 heterocycles. The molecule has 3 nitrogen and oxygen atoms in total. The largest absolute Gasteiger partial charge is 0.465 e. The molecule has 0 aliphatic heterocycles. The number of aromatic nitrogens is 1. The maximum absolute atomic E-state index is 13.4. The van der Waals surface area contributed by atoms with E-state index in [1.54, 1.807) is 12.3 Å². The molecule has 0 fully saturated rings. The fraction of sp³-hybridized carbons (Fsp3) is 0.167. The first-order valence-electron chi connectivity index (χ1n) is 4.92. The lowest BCUT2D eigenvalue weighted by Crippen LogP contribution is -2.04. The summed E-state index contributed by atoms with van der Waals surface area (Å²) < 4.78 is 17.9. The Morgan fingerprint density at radius 3 is 2.82 bits per heavy atom. The number of aryl methyl sites for hydroxylation is 1. The molecule has 1 aromatic heterocycles. The minimum absolute atomic E-state index is 0.0592. The van der Waals surface area contributed by atoms with E-state index < -0.39 is 11.8 Å². The molecule has 0 bridgehead atoms. The monoisotopic (exact) mass is 251 g/mol. The molecule has 2 rings (SSSR count). The quantitative estimate of drug-likeness (QED) is 0.770. The van der Waals surface area contributed by atoms with Crippen molar-refractivity contribution in [2.75, 3.05) is 7.11 Å². The third-order valence-corrected chi connectivity index (χ3v) is 3.24. The van der Waals surface area contributed by atoms with Gasteiger partial charge in [0.2, 0.25) is 0 Å². The van der Waals surface area contributed by atoms with Gasteiger partial charge in [-0.2, -0.15) is 0 Å². The molecule has 0 N–H and O–H groups in total. The van der Waals surface area contributed by atoms with E-state index in [2.05, 4.69) is 9.72 Å². The lowest BCUT2D eigenvalue weighted by Gasteiger charge is -2.03. The van der Waals surface area contributed by atoms with Crippen molar-refractivity contribution < 1.29 is 13.9 Å². The SMILES string of the molecule is COC(=O)c1cc(-c2cnc(C)s2)ccc1F. The minimum atomic E-state index is -0.675. The summed E-state index contributed by atoms with van der Waals surface area (Å²) in [5, 5.41) is 0.920. The van der Waals surface area contributed by atoms with Crippen molar-refractivity contribution >= 4 is 17.3 Å². The Morgan fingerprint density at radius 1 is 1.47 bits per heavy atom. The summed E-state index contributed by atoms with van der Waals surface area (Å²) in [6, 6.07) is 4.36. The second kappa shape index (κ2) is 4.63. The van der Waals surface area contributed by atoms with Crippen LogP contribution in [0.25, 0.3) is 10.4 Å². The van der Waals surface area contributed by atoms with E-state index in [1.165, 1.54) is 30.6 Å². The minimum Gasteiger partial charge on any atom is -0.465 e. The average molecular weight is 251 g/mol. The van der Waals surface area contributed by atoms with E-state index >= 15 is 0 Å². The zero-order chi connectivity index (χ0) is 12.4. The van der Waals surface area contributed by atoms with Gasteiger partial charge in [0.1, 0.15) is 5.82 Å². The van der Waals surface area contributed by atoms with Gasteiger partial charge in [0.05, 0.1) is 22.6 Å². The molecule has 0 aliphatic carbocycles. The van der Waals surface area contributed by atoms with E-state index in [1.807, 2.05) is 6.92 Å². The fourth-order valence-electron chi connectivity index (χ4n) is 1.44. The van der Waals surface area contributed by atoms with Gasteiger partial charge in [-0.05, 0) is 24.6 Å². The zero-order valence-corrected chi connectivity index (χ0v) is 10.2. The van der Waals surface area contributed by atoms with Crippen molar-refractivity contribution in [1.29, 1.82) is 0 Å². The number of ether oxygens (including phenoxy) is 1. The molecule has 17 heavy (non-hydrogen) atoms. The smallest absolute Gasteiger partial charge is 0.340 e. The van der Waals surface area contributed by atoms with Gasteiger partial charge in [-0.15, -0.1) is 11.3 Å². The molecule has 0 spiro atoms. The number of nitrogens with zero attached hydrogens (tertiary/aromatic N) is 1. The van der Waals surface area contributed by atoms with E-state index in [9.17, 15) is 9.18 Å². The predicted octanol–water partition coefficient (Wildman–Crippen LogP) is 3.04. The molecule has 0 atom stereocenters. The Kier molecular flexibility index (Phi) is 3.19. The van der Waals surface area contributed by atoms with Crippen LogP contribution in [0.15, 0.2) is 24.4 Å². The third-order valence-electron chi connectivity index (χ3n) is 2.28. The number of benzene rings is 1. The summed E-state index contributed by atoms with van der Waals surface area (Å²) >= 11 is 1.49. The van der Waals surface area contributed by atoms with E-state index in [-0.39, 0.29) is 5.56 Å². The highest BCUT2D eigenvalue weighted by Crippen LogP contribution is 2.27. The van der Waals surface area contributed by atoms with Crippen molar-refractivity contribution in [3.8, 4) is 10.4 Å². The van der Waals surface area contributed by atoms with Gasteiger partial charge in [0.25, 0.3) is 0 Å². The summed E-state index contributed by atoms with van der Waals surface area (Å²) in [4.78, 5) is 16.4. The zero-order valence-electron chi connectivity index (χ0n) is 9.36. The van der Waals surface area contributed by atoms with Crippen LogP contribution in [-0.4, -0.2) is 18.1 Å². The fourth-order valence-corrected chi connectivity index (χ4v) is 2.21. The van der Waals surface area contributed by atoms with Gasteiger partial charge in [-0.25, -0.2) is 14.2 Å². The Balaban J connectivity index is 2.47. The van der Waals surface area contributed by atoms with Gasteiger partial charge < -0.3 is 4.74 Å². The summed E-state index contributed by atoms with van der Waals surface area (Å²) in [5.41, 5.74) is 0.702. The molecular weight excluding hydrogens is 241 g/mol. The molecule has 0 aliphatic rings. The van der Waals surface area contributed by atoms with Crippen LogP contribution in [-0.2, 0) is 4.74 Å². The van der Waals surface area contributed by atoms with Gasteiger partial charge in [0.15, 0.2) is 0 Å². The first kappa shape index (κ1) is 11.7. The predicted molar refractivity (Wildman–Crippen MR) is 63.6 cm³/mol. The van der Waals surface area contributed by atoms with Crippen molar-refractivity contribution in [2.45, 2.75) is 6.92 Å². The number of halogens is 1. The molecule has 0 saturated carbocycles. The van der Waals surface area contributed by atoms with Crippen LogP contribution >= 0.6 is 11.3 Å². The standard InChI is InChI=1S/C12H10FNO2S/c1-7-14-6-11(17-7)8-3-4-10(13)9(5-8)12(15)16-2/h3-6H,1-2H3. The number of hydrogen-bond donors (Lipinski definition) is 0. The highest BCUT2D eigenvalue weighted by atomic mass is 32.1. The summed E-state index contributed by atoms with van der Waals surface area (Å²) in [6.45, 7) is 1.89. The summed E-state index contributed by atoms with van der Waals surface area (Å²) in [6.07, 6.45) is 1.70. The number of hydrogen-bond acceptors (Lipinski definition) is 4. The highest BCUT2D eigenvalue weighted by molar-refractivity contribution is 7.15. The second-order valence-electron chi connectivity index (χ2n) is 3.43. The van der Waals surface area contributed by atoms with E-state index in [4.69, 9.17) is 0 Å². The molecule has 0 saturated heterocycles. The second-order valence-corrected chi connectivity index (χ2v) is 4.66. The highest BCUT2D eigenvalue weighted by Gasteiger charge is 2.14. The Bertz CT molecular complexity index is 565. The van der Waals surface area contributed by atoms with Crippen molar-refractivity contribution in [2.24, 2.45) is 0 Å². The number of methoxy groups -OCH3 is 1. The topological polar surface area (TPSA) is 39.2 Å². The van der Waals surface area contributed by atoms with Gasteiger partial charge in [0, 0.05) is 6.20 Å². The molecule has 1 aromatic carbocycles. The van der Waals surface area contributed by atoms with Gasteiger partial charge in [-0.3, -0.25) is 0 Å². The molecule has 88 valence electrons. The van der Waals surface area contributed by atoms with Crippen LogP contribution in [0.3, 0.4) is 0 Å². The Labute approximate surface area is 102 Å². The molecule has 2 aromatic rings. The van der Waals surface area contributed by atoms with Crippen LogP contribution < -0.4 is 0 Å². The van der Waals surface area contributed by atoms with Crippen molar-refractivity contribution in [1.82, 2.24) is 4.98 Å². The normalized spacial score (nSPS) is 10.3. The lowest BCUT2D eigenvalue weighted by molar-refractivity contribution is 0.0595. The van der Waals surface area contributed by atoms with E-state index in [0.717, 1.165) is 15.4 Å². The molecule has 0 unspecified atom stereocenters. The van der Waals surface area contributed by atoms with Crippen LogP contribution in [0.4, 0.5) is 4.39 Å². The number of carbonyl (C=O) groups excluding carboxylic acids is 1. The number of thiazole rings is 1. The van der Waals surface area contributed by atoms with Crippen LogP contribution in [0.1, 0.15) is 15.4 Å². The van der Waals surface area contributed by atoms with Crippen LogP contribution in [0, 0.1) is 12.7 Å². The lowest BCUT2D eigenvalue weighted by atomic mass is 10.1. The van der Waals surface area contributed by atoms with Gasteiger partial charge in [-0.1, -0.05) is 6.07 Å². The molecule has 5 heteroatoms. The number of esters is 1. The number of carbonyl (C=O) groups is 1. The maximum Gasteiger partial charge on any atom is 0.340 e. The molecule has 0 amide bonds. The summed E-state index contributed by atoms with van der Waals surface area (Å²) in [5.74, 6) is -1.26. The average Bonchev–Trinajstić information content (AvgIpc) is 2.75. The molecule has 0 radical (unpaired) electrons. The molecular formula is C12H10FNO2S. The number of rotatable bonds is 2. The van der Waals surface area contributed by atoms with Crippen LogP contribution in [0.2, 0.25) is 0 Å². The van der Waals surface area contributed by atoms with Gasteiger partial charge >= 0.3 is 5.97 Å². The first-order valence-corrected chi connectivity index (χ1v) is 5.74. The third kappa shape index (κ3) is 2.34. The Hall–Kier alpha value is -1.75. The van der Waals surface area contributed by atoms with Crippen LogP contribution in [0.5, 0.6) is 0 Å². The Morgan fingerprint density at radius 2 is 2.24 bits per heavy atom. The van der Waals surface area contributed by atoms with Crippen molar-refractivity contribution in [3.05, 3.63) is 40.8 Å². The first-order chi connectivity index (χ1) is 8.11. The maximum atomic E-state index is 13.4. The summed E-state index contributed by atoms with van der Waals surface area (Å²) in [7, 11) is 1.23. The van der Waals surface area contributed by atoms with Crippen molar-refractivity contribution in [3.63, 3.8) is 0 Å². The van der Waals surface area contributed by atoms with E-state index in [0.29, 0.717) is 0 Å².